The van der Waals surface area contributed by atoms with E-state index in [0.717, 1.165) is 29.0 Å². The van der Waals surface area contributed by atoms with E-state index in [-0.39, 0.29) is 6.10 Å². The number of nitrogen functional groups attached to an aromatic ring is 1. The third kappa shape index (κ3) is 2.04. The minimum Gasteiger partial charge on any atom is -0.496 e. The Balaban J connectivity index is 2.16. The van der Waals surface area contributed by atoms with Crippen LogP contribution in [0.15, 0.2) is 24.5 Å². The number of nitrogens with two attached hydrogens (primary N) is 1. The van der Waals surface area contributed by atoms with Crippen molar-refractivity contribution >= 4 is 5.82 Å². The largest absolute Gasteiger partial charge is 0.496 e. The molecule has 3 rings (SSSR count). The van der Waals surface area contributed by atoms with Crippen molar-refractivity contribution in [1.82, 2.24) is 9.97 Å². The van der Waals surface area contributed by atoms with Gasteiger partial charge in [0.05, 0.1) is 7.11 Å². The van der Waals surface area contributed by atoms with E-state index in [1.54, 1.807) is 19.5 Å². The molecule has 1 unspecified atom stereocenters. The van der Waals surface area contributed by atoms with Crippen LogP contribution in [0.4, 0.5) is 5.82 Å². The van der Waals surface area contributed by atoms with Crippen molar-refractivity contribution in [3.8, 4) is 22.8 Å². The second-order valence-electron chi connectivity index (χ2n) is 4.69. The van der Waals surface area contributed by atoms with Crippen LogP contribution < -0.4 is 20.7 Å². The van der Waals surface area contributed by atoms with E-state index in [1.165, 1.54) is 0 Å². The first-order valence-electron chi connectivity index (χ1n) is 6.38. The zero-order valence-corrected chi connectivity index (χ0v) is 11.4. The summed E-state index contributed by atoms with van der Waals surface area (Å²) in [6.07, 6.45) is 4.26. The summed E-state index contributed by atoms with van der Waals surface area (Å²) in [6, 6.07) is 3.92. The topological polar surface area (TPSA) is 82.3 Å². The van der Waals surface area contributed by atoms with Gasteiger partial charge in [0.2, 0.25) is 0 Å². The number of hydrogen-bond acceptors (Lipinski definition) is 6. The molecule has 0 amide bonds. The molecule has 0 bridgehead atoms. The van der Waals surface area contributed by atoms with Gasteiger partial charge in [-0.15, -0.1) is 0 Å². The quantitative estimate of drug-likeness (QED) is 0.654. The van der Waals surface area contributed by atoms with E-state index in [4.69, 9.17) is 15.3 Å². The van der Waals surface area contributed by atoms with Crippen molar-refractivity contribution in [1.29, 1.82) is 0 Å². The number of methoxy groups -OCH3 is 1. The Labute approximate surface area is 116 Å². The Bertz CT molecular complexity index is 645. The molecule has 1 aliphatic rings. The molecule has 6 nitrogen and oxygen atoms in total. The number of nitrogens with one attached hydrogen (secondary N) is 1. The third-order valence-electron chi connectivity index (χ3n) is 3.31. The molecule has 104 valence electrons. The zero-order chi connectivity index (χ0) is 14.1. The van der Waals surface area contributed by atoms with Gasteiger partial charge in [0.25, 0.3) is 0 Å². The third-order valence-corrected chi connectivity index (χ3v) is 3.31. The number of aromatic nitrogens is 2. The predicted molar refractivity (Wildman–Crippen MR) is 75.6 cm³/mol. The molecule has 6 heteroatoms. The van der Waals surface area contributed by atoms with Crippen LogP contribution in [0.2, 0.25) is 0 Å². The van der Waals surface area contributed by atoms with Gasteiger partial charge in [-0.25, -0.2) is 10.8 Å². The van der Waals surface area contributed by atoms with Crippen LogP contribution in [0.3, 0.4) is 0 Å². The van der Waals surface area contributed by atoms with Crippen molar-refractivity contribution in [2.75, 3.05) is 12.5 Å². The fourth-order valence-electron chi connectivity index (χ4n) is 2.43. The van der Waals surface area contributed by atoms with Crippen LogP contribution in [0, 0.1) is 0 Å². The second-order valence-corrected chi connectivity index (χ2v) is 4.69. The van der Waals surface area contributed by atoms with E-state index >= 15 is 0 Å². The summed E-state index contributed by atoms with van der Waals surface area (Å²) in [7, 11) is 1.64. The molecular formula is C14H16N4O2. The maximum atomic E-state index is 5.79. The van der Waals surface area contributed by atoms with Crippen LogP contribution in [0.25, 0.3) is 11.3 Å². The molecule has 1 aliphatic heterocycles. The molecule has 0 saturated carbocycles. The number of hydrazine groups is 1. The fourth-order valence-corrected chi connectivity index (χ4v) is 2.43. The smallest absolute Gasteiger partial charge is 0.166 e. The first-order chi connectivity index (χ1) is 9.72. The minimum atomic E-state index is 0.180. The van der Waals surface area contributed by atoms with Gasteiger partial charge in [-0.2, -0.15) is 0 Å². The van der Waals surface area contributed by atoms with Crippen molar-refractivity contribution in [3.63, 3.8) is 0 Å². The average Bonchev–Trinajstić information content (AvgIpc) is 2.84. The van der Waals surface area contributed by atoms with Crippen molar-refractivity contribution in [2.24, 2.45) is 5.84 Å². The summed E-state index contributed by atoms with van der Waals surface area (Å²) in [5.41, 5.74) is 5.14. The number of benzene rings is 1. The van der Waals surface area contributed by atoms with E-state index in [0.29, 0.717) is 11.5 Å². The Morgan fingerprint density at radius 2 is 2.15 bits per heavy atom. The first kappa shape index (κ1) is 12.7. The average molecular weight is 272 g/mol. The lowest BCUT2D eigenvalue weighted by Gasteiger charge is -2.12. The SMILES string of the molecule is COc1cc2c(cc1-c1nccnc1NN)OC(C)C2. The maximum Gasteiger partial charge on any atom is 0.166 e. The monoisotopic (exact) mass is 272 g/mol. The van der Waals surface area contributed by atoms with Gasteiger partial charge in [-0.05, 0) is 19.1 Å². The van der Waals surface area contributed by atoms with Crippen molar-refractivity contribution < 1.29 is 9.47 Å². The van der Waals surface area contributed by atoms with E-state index < -0.39 is 0 Å². The molecule has 1 atom stereocenters. The minimum absolute atomic E-state index is 0.180. The molecule has 0 fully saturated rings. The van der Waals surface area contributed by atoms with E-state index in [9.17, 15) is 0 Å². The fraction of sp³-hybridized carbons (Fsp3) is 0.286. The number of hydrogen-bond donors (Lipinski definition) is 2. The molecule has 3 N–H and O–H groups in total. The van der Waals surface area contributed by atoms with Crippen LogP contribution in [-0.4, -0.2) is 23.2 Å². The van der Waals surface area contributed by atoms with Crippen molar-refractivity contribution in [3.05, 3.63) is 30.1 Å². The van der Waals surface area contributed by atoms with Crippen LogP contribution in [0.1, 0.15) is 12.5 Å². The van der Waals surface area contributed by atoms with E-state index in [1.807, 2.05) is 19.1 Å². The highest BCUT2D eigenvalue weighted by atomic mass is 16.5. The summed E-state index contributed by atoms with van der Waals surface area (Å²) < 4.78 is 11.3. The van der Waals surface area contributed by atoms with Gasteiger partial charge >= 0.3 is 0 Å². The highest BCUT2D eigenvalue weighted by Crippen LogP contribution is 2.40. The second kappa shape index (κ2) is 4.97. The zero-order valence-electron chi connectivity index (χ0n) is 11.4. The summed E-state index contributed by atoms with van der Waals surface area (Å²) in [4.78, 5) is 8.49. The Morgan fingerprint density at radius 3 is 2.90 bits per heavy atom. The number of anilines is 1. The number of rotatable bonds is 3. The standard InChI is InChI=1S/C14H16N4O2/c1-8-5-9-6-12(19-2)10(7-11(9)20-8)13-14(18-15)17-4-3-16-13/h3-4,6-8H,5,15H2,1-2H3,(H,17,18). The Kier molecular flexibility index (Phi) is 3.15. The Hall–Kier alpha value is -2.34. The van der Waals surface area contributed by atoms with Gasteiger partial charge in [-0.1, -0.05) is 0 Å². The number of nitrogens with zero attached hydrogens (tertiary/aromatic N) is 2. The summed E-state index contributed by atoms with van der Waals surface area (Å²) in [5, 5.41) is 0. The Morgan fingerprint density at radius 1 is 1.35 bits per heavy atom. The highest BCUT2D eigenvalue weighted by Gasteiger charge is 2.23. The highest BCUT2D eigenvalue weighted by molar-refractivity contribution is 5.78. The molecule has 1 aromatic heterocycles. The van der Waals surface area contributed by atoms with E-state index in [2.05, 4.69) is 15.4 Å². The predicted octanol–water partition coefficient (Wildman–Crippen LogP) is 1.76. The summed E-state index contributed by atoms with van der Waals surface area (Å²) in [5.74, 6) is 7.58. The first-order valence-corrected chi connectivity index (χ1v) is 6.38. The normalized spacial score (nSPS) is 16.4. The molecule has 1 aromatic carbocycles. The lowest BCUT2D eigenvalue weighted by molar-refractivity contribution is 0.254. The van der Waals surface area contributed by atoms with Gasteiger partial charge < -0.3 is 14.9 Å². The van der Waals surface area contributed by atoms with Crippen LogP contribution in [0.5, 0.6) is 11.5 Å². The molecular weight excluding hydrogens is 256 g/mol. The van der Waals surface area contributed by atoms with Gasteiger partial charge in [0.1, 0.15) is 23.3 Å². The maximum absolute atomic E-state index is 5.79. The van der Waals surface area contributed by atoms with Crippen LogP contribution in [-0.2, 0) is 6.42 Å². The van der Waals surface area contributed by atoms with Gasteiger partial charge in [0, 0.05) is 29.9 Å². The lowest BCUT2D eigenvalue weighted by atomic mass is 10.0. The molecule has 0 saturated heterocycles. The molecule has 0 aliphatic carbocycles. The number of ether oxygens (including phenoxy) is 2. The molecule has 0 spiro atoms. The lowest BCUT2D eigenvalue weighted by Crippen LogP contribution is -2.10. The summed E-state index contributed by atoms with van der Waals surface area (Å²) >= 11 is 0. The summed E-state index contributed by atoms with van der Waals surface area (Å²) in [6.45, 7) is 2.04. The number of fused-ring (bicyclic) bond motifs is 1. The molecule has 2 heterocycles. The van der Waals surface area contributed by atoms with Crippen LogP contribution >= 0.6 is 0 Å². The molecule has 20 heavy (non-hydrogen) atoms. The van der Waals surface area contributed by atoms with Gasteiger partial charge in [-0.3, -0.25) is 4.98 Å². The van der Waals surface area contributed by atoms with Gasteiger partial charge in [0.15, 0.2) is 5.82 Å². The molecule has 0 radical (unpaired) electrons. The van der Waals surface area contributed by atoms with Crippen molar-refractivity contribution in [2.45, 2.75) is 19.4 Å². The molecule has 2 aromatic rings.